The predicted octanol–water partition coefficient (Wildman–Crippen LogP) is 2.69. The number of rotatable bonds is 4. The molecule has 0 aliphatic carbocycles. The molecular weight excluding hydrogens is 296 g/mol. The summed E-state index contributed by atoms with van der Waals surface area (Å²) in [7, 11) is 0. The molecule has 3 nitrogen and oxygen atoms in total. The number of amides is 1. The fourth-order valence-electron chi connectivity index (χ4n) is 3.20. The molecular formula is C21H35N2O+. The molecule has 1 fully saturated rings. The summed E-state index contributed by atoms with van der Waals surface area (Å²) in [5.74, 6) is 0.0604. The second-order valence-electron chi connectivity index (χ2n) is 9.26. The maximum absolute atomic E-state index is 12.7. The lowest BCUT2D eigenvalue weighted by Crippen LogP contribution is -3.10. The Morgan fingerprint density at radius 1 is 0.958 bits per heavy atom. The van der Waals surface area contributed by atoms with Crippen molar-refractivity contribution >= 4 is 5.91 Å². The fraction of sp³-hybridized carbons (Fsp3) is 0.667. The van der Waals surface area contributed by atoms with Crippen LogP contribution in [0.3, 0.4) is 0 Å². The maximum atomic E-state index is 12.7. The topological polar surface area (TPSA) is 33.5 Å². The zero-order chi connectivity index (χ0) is 18.0. The average Bonchev–Trinajstić information content (AvgIpc) is 2.98. The zero-order valence-corrected chi connectivity index (χ0v) is 16.4. The van der Waals surface area contributed by atoms with Gasteiger partial charge in [-0.25, -0.2) is 0 Å². The van der Waals surface area contributed by atoms with Gasteiger partial charge in [0.15, 0.2) is 0 Å². The van der Waals surface area contributed by atoms with Crippen LogP contribution < -0.4 is 10.2 Å². The molecule has 0 unspecified atom stereocenters. The van der Waals surface area contributed by atoms with E-state index in [0.29, 0.717) is 0 Å². The average molecular weight is 332 g/mol. The van der Waals surface area contributed by atoms with E-state index in [-0.39, 0.29) is 16.7 Å². The van der Waals surface area contributed by atoms with Crippen LogP contribution in [0.25, 0.3) is 0 Å². The van der Waals surface area contributed by atoms with E-state index >= 15 is 0 Å². The van der Waals surface area contributed by atoms with Crippen molar-refractivity contribution in [2.75, 3.05) is 26.2 Å². The van der Waals surface area contributed by atoms with Crippen LogP contribution in [0.1, 0.15) is 75.9 Å². The first-order valence-electron chi connectivity index (χ1n) is 9.35. The van der Waals surface area contributed by atoms with Gasteiger partial charge in [-0.2, -0.15) is 0 Å². The Bertz CT molecular complexity index is 540. The monoisotopic (exact) mass is 331 g/mol. The second-order valence-corrected chi connectivity index (χ2v) is 9.26. The smallest absolute Gasteiger partial charge is 0.251 e. The highest BCUT2D eigenvalue weighted by Gasteiger charge is 2.22. The number of hydrogen-bond donors (Lipinski definition) is 2. The summed E-state index contributed by atoms with van der Waals surface area (Å²) in [5.41, 5.74) is 3.32. The van der Waals surface area contributed by atoms with E-state index in [2.05, 4.69) is 65.1 Å². The fourth-order valence-corrected chi connectivity index (χ4v) is 3.20. The normalized spacial score (nSPS) is 16.4. The molecule has 0 bridgehead atoms. The van der Waals surface area contributed by atoms with E-state index in [1.54, 1.807) is 4.90 Å². The first kappa shape index (κ1) is 19.0. The third kappa shape index (κ3) is 5.07. The van der Waals surface area contributed by atoms with Crippen molar-refractivity contribution in [2.45, 2.75) is 65.2 Å². The van der Waals surface area contributed by atoms with Crippen LogP contribution in [-0.2, 0) is 10.8 Å². The Labute approximate surface area is 147 Å². The molecule has 2 N–H and O–H groups in total. The van der Waals surface area contributed by atoms with E-state index in [0.717, 1.165) is 18.7 Å². The van der Waals surface area contributed by atoms with Crippen LogP contribution in [0.5, 0.6) is 0 Å². The number of hydrogen-bond acceptors (Lipinski definition) is 1. The molecule has 0 radical (unpaired) electrons. The van der Waals surface area contributed by atoms with Crippen molar-refractivity contribution in [3.63, 3.8) is 0 Å². The van der Waals surface area contributed by atoms with Gasteiger partial charge in [-0.15, -0.1) is 0 Å². The van der Waals surface area contributed by atoms with E-state index in [1.165, 1.54) is 37.1 Å². The third-order valence-electron chi connectivity index (χ3n) is 5.00. The van der Waals surface area contributed by atoms with Crippen LogP contribution in [-0.4, -0.2) is 32.1 Å². The molecule has 1 heterocycles. The number of quaternary nitrogens is 1. The van der Waals surface area contributed by atoms with Crippen molar-refractivity contribution in [3.05, 3.63) is 34.9 Å². The number of likely N-dealkylation sites (tertiary alicyclic amines) is 1. The minimum Gasteiger partial charge on any atom is -0.346 e. The number of nitrogens with one attached hydrogen (secondary N) is 2. The number of carbonyl (C=O) groups is 1. The van der Waals surface area contributed by atoms with Gasteiger partial charge in [0.1, 0.15) is 0 Å². The quantitative estimate of drug-likeness (QED) is 0.874. The minimum atomic E-state index is 0.0377. The molecule has 0 spiro atoms. The lowest BCUT2D eigenvalue weighted by molar-refractivity contribution is -0.886. The highest BCUT2D eigenvalue weighted by molar-refractivity contribution is 5.94. The largest absolute Gasteiger partial charge is 0.346 e. The van der Waals surface area contributed by atoms with Crippen molar-refractivity contribution < 1.29 is 9.69 Å². The predicted molar refractivity (Wildman–Crippen MR) is 101 cm³/mol. The van der Waals surface area contributed by atoms with Gasteiger partial charge in [-0.05, 0) is 34.1 Å². The van der Waals surface area contributed by atoms with E-state index in [9.17, 15) is 4.79 Å². The number of benzene rings is 1. The molecule has 1 aromatic carbocycles. The van der Waals surface area contributed by atoms with Crippen molar-refractivity contribution in [1.82, 2.24) is 5.32 Å². The highest BCUT2D eigenvalue weighted by atomic mass is 16.1. The van der Waals surface area contributed by atoms with Gasteiger partial charge >= 0.3 is 0 Å². The van der Waals surface area contributed by atoms with Gasteiger partial charge in [0.2, 0.25) is 0 Å². The first-order chi connectivity index (χ1) is 11.1. The third-order valence-corrected chi connectivity index (χ3v) is 5.00. The summed E-state index contributed by atoms with van der Waals surface area (Å²) in [5, 5.41) is 3.12. The second kappa shape index (κ2) is 7.26. The van der Waals surface area contributed by atoms with Gasteiger partial charge in [0, 0.05) is 18.4 Å². The molecule has 1 aliphatic heterocycles. The van der Waals surface area contributed by atoms with E-state index in [4.69, 9.17) is 0 Å². The molecule has 3 heteroatoms. The van der Waals surface area contributed by atoms with E-state index < -0.39 is 0 Å². The Morgan fingerprint density at radius 3 is 1.92 bits per heavy atom. The summed E-state index contributed by atoms with van der Waals surface area (Å²) in [4.78, 5) is 14.3. The molecule has 1 amide bonds. The van der Waals surface area contributed by atoms with Crippen LogP contribution >= 0.6 is 0 Å². The first-order valence-corrected chi connectivity index (χ1v) is 9.35. The van der Waals surface area contributed by atoms with Crippen LogP contribution in [0.15, 0.2) is 18.2 Å². The van der Waals surface area contributed by atoms with Gasteiger partial charge in [-0.1, -0.05) is 47.6 Å². The molecule has 0 aromatic heterocycles. The molecule has 24 heavy (non-hydrogen) atoms. The van der Waals surface area contributed by atoms with E-state index in [1.807, 2.05) is 0 Å². The maximum Gasteiger partial charge on any atom is 0.251 e. The molecule has 0 saturated carbocycles. The molecule has 134 valence electrons. The van der Waals surface area contributed by atoms with Crippen molar-refractivity contribution in [3.8, 4) is 0 Å². The molecule has 2 rings (SSSR count). The minimum absolute atomic E-state index is 0.0377. The Kier molecular flexibility index (Phi) is 5.74. The standard InChI is InChI=1S/C21H34N2O/c1-20(2,3)17-13-16(14-18(15-17)21(4,5)6)19(24)22-9-12-23-10-7-8-11-23/h13-15H,7-12H2,1-6H3,(H,22,24)/p+1. The van der Waals surface area contributed by atoms with Gasteiger partial charge in [0.25, 0.3) is 5.91 Å². The summed E-state index contributed by atoms with van der Waals surface area (Å²) in [6, 6.07) is 6.38. The lowest BCUT2D eigenvalue weighted by Gasteiger charge is -2.26. The zero-order valence-electron chi connectivity index (χ0n) is 16.4. The molecule has 1 aromatic rings. The Morgan fingerprint density at radius 2 is 1.46 bits per heavy atom. The molecule has 0 atom stereocenters. The van der Waals surface area contributed by atoms with Crippen molar-refractivity contribution in [2.24, 2.45) is 0 Å². The molecule has 1 aliphatic rings. The summed E-state index contributed by atoms with van der Waals surface area (Å²) in [6.45, 7) is 17.5. The van der Waals surface area contributed by atoms with Gasteiger partial charge in [-0.3, -0.25) is 4.79 Å². The Balaban J connectivity index is 2.13. The van der Waals surface area contributed by atoms with Gasteiger partial charge < -0.3 is 10.2 Å². The highest BCUT2D eigenvalue weighted by Crippen LogP contribution is 2.30. The number of carbonyl (C=O) groups excluding carboxylic acids is 1. The summed E-state index contributed by atoms with van der Waals surface area (Å²) >= 11 is 0. The van der Waals surface area contributed by atoms with Crippen LogP contribution in [0.2, 0.25) is 0 Å². The van der Waals surface area contributed by atoms with Crippen LogP contribution in [0, 0.1) is 0 Å². The van der Waals surface area contributed by atoms with Crippen molar-refractivity contribution in [1.29, 1.82) is 0 Å². The SMILES string of the molecule is CC(C)(C)c1cc(C(=O)NCC[NH+]2CCCC2)cc(C(C)(C)C)c1. The lowest BCUT2D eigenvalue weighted by atomic mass is 9.79. The Hall–Kier alpha value is -1.35. The van der Waals surface area contributed by atoms with Crippen LogP contribution in [0.4, 0.5) is 0 Å². The molecule has 1 saturated heterocycles. The van der Waals surface area contributed by atoms with Gasteiger partial charge in [0.05, 0.1) is 26.2 Å². The summed E-state index contributed by atoms with van der Waals surface area (Å²) < 4.78 is 0. The summed E-state index contributed by atoms with van der Waals surface area (Å²) in [6.07, 6.45) is 2.65.